The summed E-state index contributed by atoms with van der Waals surface area (Å²) in [5, 5.41) is 0. The fourth-order valence-corrected chi connectivity index (χ4v) is 3.84. The van der Waals surface area contributed by atoms with E-state index >= 15 is 0 Å². The highest BCUT2D eigenvalue weighted by Gasteiger charge is 2.41. The lowest BCUT2D eigenvalue weighted by molar-refractivity contribution is 0.133. The summed E-state index contributed by atoms with van der Waals surface area (Å²) in [6.45, 7) is 0.638. The Balaban J connectivity index is 1.39. The molecule has 1 saturated heterocycles. The maximum Gasteiger partial charge on any atom is 0.410 e. The second-order valence-corrected chi connectivity index (χ2v) is 8.07. The molecule has 1 aliphatic carbocycles. The van der Waals surface area contributed by atoms with Crippen LogP contribution in [0.2, 0.25) is 0 Å². The Morgan fingerprint density at radius 2 is 1.96 bits per heavy atom. The molecule has 23 heavy (non-hydrogen) atoms. The predicted molar refractivity (Wildman–Crippen MR) is 86.5 cm³/mol. The van der Waals surface area contributed by atoms with Gasteiger partial charge in [-0.25, -0.2) is 17.9 Å². The average Bonchev–Trinajstić information content (AvgIpc) is 3.30. The van der Waals surface area contributed by atoms with Gasteiger partial charge in [0.2, 0.25) is 10.0 Å². The van der Waals surface area contributed by atoms with E-state index in [1.165, 1.54) is 0 Å². The van der Waals surface area contributed by atoms with Crippen molar-refractivity contribution >= 4 is 16.1 Å². The normalized spacial score (nSPS) is 21.5. The molecule has 6 nitrogen and oxygen atoms in total. The van der Waals surface area contributed by atoms with Crippen LogP contribution < -0.4 is 4.72 Å². The highest BCUT2D eigenvalue weighted by molar-refractivity contribution is 7.89. The summed E-state index contributed by atoms with van der Waals surface area (Å²) < 4.78 is 31.8. The number of sulfonamides is 1. The van der Waals surface area contributed by atoms with Gasteiger partial charge in [0.15, 0.2) is 0 Å². The van der Waals surface area contributed by atoms with E-state index in [0.717, 1.165) is 24.8 Å². The minimum Gasteiger partial charge on any atom is -0.443 e. The molecule has 3 rings (SSSR count). The summed E-state index contributed by atoms with van der Waals surface area (Å²) in [5.41, 5.74) is 1.13. The summed E-state index contributed by atoms with van der Waals surface area (Å²) in [7, 11) is -3.34. The Morgan fingerprint density at radius 3 is 2.65 bits per heavy atom. The minimum atomic E-state index is -3.34. The number of carbonyl (C=O) groups excluding carboxylic acids is 1. The van der Waals surface area contributed by atoms with Crippen molar-refractivity contribution in [2.45, 2.75) is 37.8 Å². The van der Waals surface area contributed by atoms with Gasteiger partial charge in [-0.1, -0.05) is 30.3 Å². The number of nitrogens with one attached hydrogen (secondary N) is 1. The zero-order chi connectivity index (χ0) is 16.3. The molecule has 0 aromatic heterocycles. The molecule has 1 unspecified atom stereocenters. The number of hydrogen-bond acceptors (Lipinski definition) is 4. The summed E-state index contributed by atoms with van der Waals surface area (Å²) in [6, 6.07) is 10.1. The smallest absolute Gasteiger partial charge is 0.410 e. The monoisotopic (exact) mass is 338 g/mol. The average molecular weight is 338 g/mol. The largest absolute Gasteiger partial charge is 0.443 e. The molecular formula is C16H22N2O4S. The van der Waals surface area contributed by atoms with Gasteiger partial charge in [-0.3, -0.25) is 0 Å². The van der Waals surface area contributed by atoms with Crippen LogP contribution in [0, 0.1) is 0 Å². The SMILES string of the molecule is O=C1OC(CNS(=O)(=O)CCCc2ccccc2)CN1C1CC1. The third kappa shape index (κ3) is 4.68. The Morgan fingerprint density at radius 1 is 1.22 bits per heavy atom. The molecule has 0 radical (unpaired) electrons. The van der Waals surface area contributed by atoms with Crippen LogP contribution in [0.3, 0.4) is 0 Å². The van der Waals surface area contributed by atoms with Crippen LogP contribution in [-0.2, 0) is 21.2 Å². The molecule has 1 atom stereocenters. The molecule has 0 bridgehead atoms. The fourth-order valence-electron chi connectivity index (χ4n) is 2.74. The maximum atomic E-state index is 12.0. The molecule has 0 spiro atoms. The van der Waals surface area contributed by atoms with Crippen LogP contribution in [0.4, 0.5) is 4.79 Å². The van der Waals surface area contributed by atoms with Crippen molar-refractivity contribution < 1.29 is 17.9 Å². The van der Waals surface area contributed by atoms with Crippen molar-refractivity contribution in [1.82, 2.24) is 9.62 Å². The number of hydrogen-bond donors (Lipinski definition) is 1. The summed E-state index contributed by atoms with van der Waals surface area (Å²) in [6.07, 6.45) is 2.64. The van der Waals surface area contributed by atoms with Crippen LogP contribution in [0.1, 0.15) is 24.8 Å². The highest BCUT2D eigenvalue weighted by Crippen LogP contribution is 2.30. The van der Waals surface area contributed by atoms with Crippen molar-refractivity contribution in [3.8, 4) is 0 Å². The first-order chi connectivity index (χ1) is 11.0. The van der Waals surface area contributed by atoms with Crippen LogP contribution >= 0.6 is 0 Å². The zero-order valence-corrected chi connectivity index (χ0v) is 13.8. The van der Waals surface area contributed by atoms with Gasteiger partial charge in [0.05, 0.1) is 12.3 Å². The molecular weight excluding hydrogens is 316 g/mol. The summed E-state index contributed by atoms with van der Waals surface area (Å²) >= 11 is 0. The van der Waals surface area contributed by atoms with E-state index in [1.807, 2.05) is 30.3 Å². The van der Waals surface area contributed by atoms with Gasteiger partial charge in [-0.2, -0.15) is 0 Å². The molecule has 1 amide bonds. The van der Waals surface area contributed by atoms with E-state index in [9.17, 15) is 13.2 Å². The molecule has 126 valence electrons. The van der Waals surface area contributed by atoms with E-state index in [-0.39, 0.29) is 24.5 Å². The second-order valence-electron chi connectivity index (χ2n) is 6.15. The molecule has 2 fully saturated rings. The number of ether oxygens (including phenoxy) is 1. The lowest BCUT2D eigenvalue weighted by Crippen LogP contribution is -2.36. The van der Waals surface area contributed by atoms with Gasteiger partial charge in [0, 0.05) is 12.6 Å². The minimum absolute atomic E-state index is 0.0783. The number of benzene rings is 1. The van der Waals surface area contributed by atoms with Crippen LogP contribution in [0.25, 0.3) is 0 Å². The van der Waals surface area contributed by atoms with E-state index in [1.54, 1.807) is 4.90 Å². The quantitative estimate of drug-likeness (QED) is 0.780. The number of amides is 1. The molecule has 1 aliphatic heterocycles. The molecule has 1 aromatic carbocycles. The van der Waals surface area contributed by atoms with Crippen molar-refractivity contribution in [2.24, 2.45) is 0 Å². The molecule has 1 aromatic rings. The summed E-state index contributed by atoms with van der Waals surface area (Å²) in [5.74, 6) is 0.0783. The Hall–Kier alpha value is -1.60. The molecule has 1 saturated carbocycles. The van der Waals surface area contributed by atoms with Crippen molar-refractivity contribution in [3.63, 3.8) is 0 Å². The van der Waals surface area contributed by atoms with Crippen LogP contribution in [0.15, 0.2) is 30.3 Å². The molecule has 2 aliphatic rings. The number of cyclic esters (lactones) is 1. The van der Waals surface area contributed by atoms with Crippen molar-refractivity contribution in [3.05, 3.63) is 35.9 Å². The predicted octanol–water partition coefficient (Wildman–Crippen LogP) is 1.52. The first kappa shape index (κ1) is 16.3. The van der Waals surface area contributed by atoms with Gasteiger partial charge >= 0.3 is 6.09 Å². The third-order valence-corrected chi connectivity index (χ3v) is 5.57. The number of aryl methyl sites for hydroxylation is 1. The van der Waals surface area contributed by atoms with E-state index in [2.05, 4.69) is 4.72 Å². The topological polar surface area (TPSA) is 75.7 Å². The molecule has 7 heteroatoms. The standard InChI is InChI=1S/C16H22N2O4S/c19-16-18(14-8-9-14)12-15(22-16)11-17-23(20,21)10-4-7-13-5-2-1-3-6-13/h1-3,5-6,14-15,17H,4,7-12H2. The van der Waals surface area contributed by atoms with Crippen LogP contribution in [-0.4, -0.2) is 50.4 Å². The van der Waals surface area contributed by atoms with Crippen molar-refractivity contribution in [1.29, 1.82) is 0 Å². The van der Waals surface area contributed by atoms with Crippen LogP contribution in [0.5, 0.6) is 0 Å². The fraction of sp³-hybridized carbons (Fsp3) is 0.562. The van der Waals surface area contributed by atoms with E-state index < -0.39 is 10.0 Å². The molecule has 1 heterocycles. The van der Waals surface area contributed by atoms with Gasteiger partial charge in [-0.15, -0.1) is 0 Å². The first-order valence-corrected chi connectivity index (χ1v) is 9.67. The summed E-state index contributed by atoms with van der Waals surface area (Å²) in [4.78, 5) is 13.3. The Kier molecular flexibility index (Phi) is 4.87. The zero-order valence-electron chi connectivity index (χ0n) is 13.0. The first-order valence-electron chi connectivity index (χ1n) is 8.02. The lowest BCUT2D eigenvalue weighted by Gasteiger charge is -2.11. The van der Waals surface area contributed by atoms with Gasteiger partial charge in [-0.05, 0) is 31.2 Å². The van der Waals surface area contributed by atoms with E-state index in [0.29, 0.717) is 19.0 Å². The van der Waals surface area contributed by atoms with Gasteiger partial charge < -0.3 is 9.64 Å². The van der Waals surface area contributed by atoms with Gasteiger partial charge in [0.25, 0.3) is 0 Å². The number of carbonyl (C=O) groups is 1. The third-order valence-electron chi connectivity index (χ3n) is 4.14. The second kappa shape index (κ2) is 6.88. The number of rotatable bonds is 8. The van der Waals surface area contributed by atoms with Crippen molar-refractivity contribution in [2.75, 3.05) is 18.8 Å². The highest BCUT2D eigenvalue weighted by atomic mass is 32.2. The van der Waals surface area contributed by atoms with E-state index in [4.69, 9.17) is 4.74 Å². The Labute approximate surface area is 136 Å². The van der Waals surface area contributed by atoms with Gasteiger partial charge in [0.1, 0.15) is 6.10 Å². The lowest BCUT2D eigenvalue weighted by atomic mass is 10.1. The maximum absolute atomic E-state index is 12.0. The molecule has 1 N–H and O–H groups in total. The number of nitrogens with zero attached hydrogens (tertiary/aromatic N) is 1. The Bertz CT molecular complexity index is 643.